The number of aliphatic hydroxyl groups is 1. The number of aliphatic hydroxyl groups excluding tert-OH is 1. The van der Waals surface area contributed by atoms with E-state index in [1.807, 2.05) is 0 Å². The summed E-state index contributed by atoms with van der Waals surface area (Å²) < 4.78 is 25.4. The lowest BCUT2D eigenvalue weighted by Gasteiger charge is -2.28. The molecule has 2 atom stereocenters. The highest BCUT2D eigenvalue weighted by molar-refractivity contribution is 5.89. The van der Waals surface area contributed by atoms with E-state index in [-0.39, 0.29) is 6.04 Å². The van der Waals surface area contributed by atoms with Crippen molar-refractivity contribution in [2.45, 2.75) is 50.8 Å². The van der Waals surface area contributed by atoms with Gasteiger partial charge in [0.15, 0.2) is 0 Å². The van der Waals surface area contributed by atoms with Crippen LogP contribution in [0.15, 0.2) is 12.4 Å². The first-order valence-electron chi connectivity index (χ1n) is 6.61. The van der Waals surface area contributed by atoms with Crippen LogP contribution in [0.4, 0.5) is 19.3 Å². The summed E-state index contributed by atoms with van der Waals surface area (Å²) in [6.45, 7) is -0.509. The number of aromatic nitrogens is 2. The number of urea groups is 1. The van der Waals surface area contributed by atoms with Crippen molar-refractivity contribution in [2.75, 3.05) is 5.32 Å². The van der Waals surface area contributed by atoms with Crippen LogP contribution >= 0.6 is 0 Å². The number of nitrogens with one attached hydrogen (secondary N) is 2. The first kappa shape index (κ1) is 14.7. The van der Waals surface area contributed by atoms with Crippen molar-refractivity contribution in [1.82, 2.24) is 15.1 Å². The predicted octanol–water partition coefficient (Wildman–Crippen LogP) is 1.57. The number of rotatable bonds is 4. The quantitative estimate of drug-likeness (QED) is 0.787. The largest absolute Gasteiger partial charge is 0.391 e. The molecule has 2 rings (SSSR count). The molecule has 1 aliphatic rings. The number of amides is 2. The van der Waals surface area contributed by atoms with Crippen molar-refractivity contribution < 1.29 is 18.7 Å². The molecule has 1 heterocycles. The Hall–Kier alpha value is -1.70. The van der Waals surface area contributed by atoms with E-state index in [4.69, 9.17) is 0 Å². The summed E-state index contributed by atoms with van der Waals surface area (Å²) in [4.78, 5) is 11.7. The number of halogens is 2. The van der Waals surface area contributed by atoms with E-state index in [2.05, 4.69) is 15.7 Å². The van der Waals surface area contributed by atoms with Gasteiger partial charge >= 0.3 is 6.03 Å². The van der Waals surface area contributed by atoms with Crippen LogP contribution in [-0.4, -0.2) is 39.5 Å². The minimum atomic E-state index is -2.49. The van der Waals surface area contributed by atoms with Crippen molar-refractivity contribution in [2.24, 2.45) is 0 Å². The molecule has 1 aliphatic carbocycles. The molecule has 1 saturated carbocycles. The van der Waals surface area contributed by atoms with Crippen LogP contribution in [0.1, 0.15) is 25.7 Å². The van der Waals surface area contributed by atoms with Gasteiger partial charge in [-0.1, -0.05) is 12.8 Å². The molecule has 2 unspecified atom stereocenters. The van der Waals surface area contributed by atoms with Crippen molar-refractivity contribution in [3.63, 3.8) is 0 Å². The number of hydrogen-bond donors (Lipinski definition) is 3. The zero-order chi connectivity index (χ0) is 14.5. The lowest BCUT2D eigenvalue weighted by Crippen LogP contribution is -2.46. The Balaban J connectivity index is 1.83. The smallest absolute Gasteiger partial charge is 0.319 e. The average molecular weight is 288 g/mol. The van der Waals surface area contributed by atoms with Gasteiger partial charge in [-0.25, -0.2) is 13.6 Å². The summed E-state index contributed by atoms with van der Waals surface area (Å²) in [5.74, 6) is 0. The molecule has 0 saturated heterocycles. The Morgan fingerprint density at radius 2 is 2.25 bits per heavy atom. The van der Waals surface area contributed by atoms with Crippen LogP contribution in [-0.2, 0) is 6.54 Å². The Kier molecular flexibility index (Phi) is 4.89. The van der Waals surface area contributed by atoms with Crippen molar-refractivity contribution >= 4 is 11.7 Å². The van der Waals surface area contributed by atoms with E-state index < -0.39 is 25.1 Å². The molecule has 0 bridgehead atoms. The third kappa shape index (κ3) is 4.16. The molecular formula is C12H18F2N4O2. The maximum Gasteiger partial charge on any atom is 0.319 e. The summed E-state index contributed by atoms with van der Waals surface area (Å²) >= 11 is 0. The molecule has 1 aromatic rings. The molecule has 112 valence electrons. The van der Waals surface area contributed by atoms with Crippen molar-refractivity contribution in [3.8, 4) is 0 Å². The van der Waals surface area contributed by atoms with Gasteiger partial charge in [-0.15, -0.1) is 0 Å². The summed E-state index contributed by atoms with van der Waals surface area (Å²) in [5.41, 5.74) is 0.341. The molecule has 2 amide bonds. The fourth-order valence-electron chi connectivity index (χ4n) is 2.28. The molecule has 3 N–H and O–H groups in total. The van der Waals surface area contributed by atoms with Crippen LogP contribution < -0.4 is 10.6 Å². The maximum absolute atomic E-state index is 12.2. The lowest BCUT2D eigenvalue weighted by molar-refractivity contribution is 0.0955. The second-order valence-corrected chi connectivity index (χ2v) is 4.90. The molecule has 0 aromatic carbocycles. The number of nitrogens with zero attached hydrogens (tertiary/aromatic N) is 2. The van der Waals surface area contributed by atoms with E-state index in [0.29, 0.717) is 12.1 Å². The number of alkyl halides is 2. The van der Waals surface area contributed by atoms with Gasteiger partial charge in [0, 0.05) is 6.20 Å². The Bertz CT molecular complexity index is 452. The van der Waals surface area contributed by atoms with E-state index in [1.54, 1.807) is 0 Å². The van der Waals surface area contributed by atoms with Crippen molar-refractivity contribution in [3.05, 3.63) is 12.4 Å². The Morgan fingerprint density at radius 3 is 2.95 bits per heavy atom. The van der Waals surface area contributed by atoms with Crippen LogP contribution in [0.5, 0.6) is 0 Å². The third-order valence-electron chi connectivity index (χ3n) is 3.26. The van der Waals surface area contributed by atoms with E-state index in [9.17, 15) is 18.7 Å². The van der Waals surface area contributed by atoms with E-state index in [0.717, 1.165) is 23.9 Å². The van der Waals surface area contributed by atoms with Gasteiger partial charge in [0.1, 0.15) is 6.54 Å². The molecule has 20 heavy (non-hydrogen) atoms. The molecule has 6 nitrogen and oxygen atoms in total. The zero-order valence-corrected chi connectivity index (χ0v) is 10.9. The van der Waals surface area contributed by atoms with Gasteiger partial charge in [0.05, 0.1) is 24.0 Å². The average Bonchev–Trinajstić information content (AvgIpc) is 2.78. The maximum atomic E-state index is 12.2. The Labute approximate surface area is 115 Å². The Morgan fingerprint density at radius 1 is 1.50 bits per heavy atom. The standard InChI is InChI=1S/C12H18F2N4O2/c13-11(14)7-18-6-8(5-15-18)16-12(20)17-9-3-1-2-4-10(9)19/h5-6,9-11,19H,1-4,7H2,(H2,16,17,20). The highest BCUT2D eigenvalue weighted by Crippen LogP contribution is 2.18. The zero-order valence-electron chi connectivity index (χ0n) is 10.9. The lowest BCUT2D eigenvalue weighted by atomic mass is 9.93. The monoisotopic (exact) mass is 288 g/mol. The summed E-state index contributed by atoms with van der Waals surface area (Å²) in [7, 11) is 0. The van der Waals surface area contributed by atoms with Crippen LogP contribution in [0.2, 0.25) is 0 Å². The first-order valence-corrected chi connectivity index (χ1v) is 6.61. The highest BCUT2D eigenvalue weighted by Gasteiger charge is 2.24. The van der Waals surface area contributed by atoms with E-state index >= 15 is 0 Å². The number of anilines is 1. The topological polar surface area (TPSA) is 79.2 Å². The van der Waals surface area contributed by atoms with Gasteiger partial charge in [0.2, 0.25) is 0 Å². The number of carbonyl (C=O) groups excluding carboxylic acids is 1. The molecule has 8 heteroatoms. The molecule has 0 spiro atoms. The van der Waals surface area contributed by atoms with Crippen molar-refractivity contribution in [1.29, 1.82) is 0 Å². The van der Waals surface area contributed by atoms with E-state index in [1.165, 1.54) is 12.4 Å². The minimum Gasteiger partial charge on any atom is -0.391 e. The minimum absolute atomic E-state index is 0.264. The van der Waals surface area contributed by atoms with Gasteiger partial charge in [0.25, 0.3) is 6.43 Å². The molecular weight excluding hydrogens is 270 g/mol. The predicted molar refractivity (Wildman–Crippen MR) is 68.6 cm³/mol. The van der Waals surface area contributed by atoms with Gasteiger partial charge in [-0.05, 0) is 12.8 Å². The van der Waals surface area contributed by atoms with Crippen LogP contribution in [0.25, 0.3) is 0 Å². The molecule has 0 radical (unpaired) electrons. The van der Waals surface area contributed by atoms with Crippen LogP contribution in [0.3, 0.4) is 0 Å². The molecule has 1 fully saturated rings. The number of carbonyl (C=O) groups is 1. The SMILES string of the molecule is O=C(Nc1cnn(CC(F)F)c1)NC1CCCCC1O. The normalized spacial score (nSPS) is 22.8. The second kappa shape index (κ2) is 6.65. The summed E-state index contributed by atoms with van der Waals surface area (Å²) in [6, 6.07) is -0.729. The molecule has 1 aromatic heterocycles. The second-order valence-electron chi connectivity index (χ2n) is 4.90. The van der Waals surface area contributed by atoms with Gasteiger partial charge in [-0.3, -0.25) is 4.68 Å². The van der Waals surface area contributed by atoms with Gasteiger partial charge in [-0.2, -0.15) is 5.10 Å². The number of hydrogen-bond acceptors (Lipinski definition) is 3. The first-order chi connectivity index (χ1) is 9.54. The fourth-order valence-corrected chi connectivity index (χ4v) is 2.28. The third-order valence-corrected chi connectivity index (χ3v) is 3.26. The summed E-state index contributed by atoms with van der Waals surface area (Å²) in [6.07, 6.45) is 2.96. The summed E-state index contributed by atoms with van der Waals surface area (Å²) in [5, 5.41) is 18.7. The molecule has 0 aliphatic heterocycles. The van der Waals surface area contributed by atoms with Gasteiger partial charge < -0.3 is 15.7 Å². The van der Waals surface area contributed by atoms with Crippen LogP contribution in [0, 0.1) is 0 Å². The highest BCUT2D eigenvalue weighted by atomic mass is 19.3. The fraction of sp³-hybridized carbons (Fsp3) is 0.667.